The first-order chi connectivity index (χ1) is 9.88. The first-order valence-corrected chi connectivity index (χ1v) is 8.09. The largest absolute Gasteiger partial charge is 0.388 e. The lowest BCUT2D eigenvalue weighted by molar-refractivity contribution is 0.0532. The smallest absolute Gasteiger partial charge is 0.0804 e. The molecule has 1 unspecified atom stereocenters. The molecule has 1 atom stereocenters. The average Bonchev–Trinajstić information content (AvgIpc) is 2.45. The van der Waals surface area contributed by atoms with Crippen LogP contribution in [0.2, 0.25) is 0 Å². The van der Waals surface area contributed by atoms with Crippen molar-refractivity contribution in [3.05, 3.63) is 35.4 Å². The van der Waals surface area contributed by atoms with Crippen LogP contribution in [0.25, 0.3) is 0 Å². The summed E-state index contributed by atoms with van der Waals surface area (Å²) in [6, 6.07) is 8.14. The Kier molecular flexibility index (Phi) is 5.42. The number of piperazine rings is 1. The van der Waals surface area contributed by atoms with E-state index in [1.807, 2.05) is 18.2 Å². The molecule has 1 N–H and O–H groups in total. The fraction of sp³-hybridized carbons (Fsp3) is 0.667. The molecule has 1 saturated heterocycles. The lowest BCUT2D eigenvalue weighted by Gasteiger charge is -2.42. The van der Waals surface area contributed by atoms with Gasteiger partial charge in [0.15, 0.2) is 0 Å². The van der Waals surface area contributed by atoms with Gasteiger partial charge in [-0.1, -0.05) is 24.3 Å². The average molecular weight is 290 g/mol. The predicted molar refractivity (Wildman–Crippen MR) is 88.5 cm³/mol. The quantitative estimate of drug-likeness (QED) is 0.924. The summed E-state index contributed by atoms with van der Waals surface area (Å²) in [7, 11) is 0. The molecule has 1 aliphatic heterocycles. The van der Waals surface area contributed by atoms with E-state index in [4.69, 9.17) is 0 Å². The zero-order valence-electron chi connectivity index (χ0n) is 14.0. The van der Waals surface area contributed by atoms with Crippen molar-refractivity contribution in [2.75, 3.05) is 32.7 Å². The maximum Gasteiger partial charge on any atom is 0.0804 e. The molecular formula is C18H30N2O. The van der Waals surface area contributed by atoms with E-state index in [-0.39, 0.29) is 11.6 Å². The van der Waals surface area contributed by atoms with Gasteiger partial charge in [0, 0.05) is 38.3 Å². The zero-order valence-corrected chi connectivity index (χ0v) is 14.0. The highest BCUT2D eigenvalue weighted by molar-refractivity contribution is 5.27. The summed E-state index contributed by atoms with van der Waals surface area (Å²) in [5.41, 5.74) is 2.53. The highest BCUT2D eigenvalue weighted by Gasteiger charge is 2.25. The Morgan fingerprint density at radius 3 is 2.29 bits per heavy atom. The van der Waals surface area contributed by atoms with Gasteiger partial charge in [-0.15, -0.1) is 0 Å². The highest BCUT2D eigenvalue weighted by Crippen LogP contribution is 2.21. The molecule has 1 aromatic rings. The van der Waals surface area contributed by atoms with Crippen LogP contribution in [0, 0.1) is 6.92 Å². The van der Waals surface area contributed by atoms with E-state index in [2.05, 4.69) is 43.6 Å². The number of nitrogens with zero attached hydrogens (tertiary/aromatic N) is 2. The summed E-state index contributed by atoms with van der Waals surface area (Å²) in [4.78, 5) is 5.02. The lowest BCUT2D eigenvalue weighted by Crippen LogP contribution is -2.53. The van der Waals surface area contributed by atoms with Gasteiger partial charge in [0.05, 0.1) is 6.10 Å². The Balaban J connectivity index is 1.79. The lowest BCUT2D eigenvalue weighted by atomic mass is 10.0. The summed E-state index contributed by atoms with van der Waals surface area (Å²) in [6.45, 7) is 14.4. The summed E-state index contributed by atoms with van der Waals surface area (Å²) >= 11 is 0. The highest BCUT2D eigenvalue weighted by atomic mass is 16.3. The fourth-order valence-electron chi connectivity index (χ4n) is 3.06. The number of aliphatic hydroxyl groups excluding tert-OH is 1. The Morgan fingerprint density at radius 1 is 1.10 bits per heavy atom. The molecule has 21 heavy (non-hydrogen) atoms. The molecule has 1 aliphatic rings. The summed E-state index contributed by atoms with van der Waals surface area (Å²) in [6.07, 6.45) is 0.479. The second-order valence-corrected chi connectivity index (χ2v) is 7.16. The molecule has 0 amide bonds. The minimum atomic E-state index is -0.341. The summed E-state index contributed by atoms with van der Waals surface area (Å²) in [5.74, 6) is 0. The second kappa shape index (κ2) is 6.91. The number of hydrogen-bond donors (Lipinski definition) is 1. The Labute approximate surface area is 129 Å². The van der Waals surface area contributed by atoms with Crippen LogP contribution in [0.5, 0.6) is 0 Å². The monoisotopic (exact) mass is 290 g/mol. The van der Waals surface area contributed by atoms with Crippen LogP contribution in [-0.2, 0) is 0 Å². The van der Waals surface area contributed by atoms with Crippen molar-refractivity contribution < 1.29 is 5.11 Å². The van der Waals surface area contributed by atoms with E-state index in [9.17, 15) is 5.11 Å². The SMILES string of the molecule is Cc1ccccc1C(O)CCN1CCN(C(C)(C)C)CC1. The molecular weight excluding hydrogens is 260 g/mol. The molecule has 3 nitrogen and oxygen atoms in total. The van der Waals surface area contributed by atoms with Gasteiger partial charge in [-0.05, 0) is 45.2 Å². The zero-order chi connectivity index (χ0) is 15.5. The van der Waals surface area contributed by atoms with Crippen LogP contribution < -0.4 is 0 Å². The van der Waals surface area contributed by atoms with Gasteiger partial charge in [0.1, 0.15) is 0 Å². The van der Waals surface area contributed by atoms with Crippen molar-refractivity contribution in [3.63, 3.8) is 0 Å². The van der Waals surface area contributed by atoms with Crippen molar-refractivity contribution in [2.24, 2.45) is 0 Å². The molecule has 0 aromatic heterocycles. The van der Waals surface area contributed by atoms with Gasteiger partial charge in [-0.25, -0.2) is 0 Å². The minimum Gasteiger partial charge on any atom is -0.388 e. The molecule has 0 spiro atoms. The molecule has 118 valence electrons. The summed E-state index contributed by atoms with van der Waals surface area (Å²) < 4.78 is 0. The molecule has 0 radical (unpaired) electrons. The molecule has 0 bridgehead atoms. The maximum absolute atomic E-state index is 10.4. The van der Waals surface area contributed by atoms with E-state index in [0.29, 0.717) is 0 Å². The number of aryl methyl sites for hydroxylation is 1. The van der Waals surface area contributed by atoms with Crippen LogP contribution in [-0.4, -0.2) is 53.2 Å². The summed E-state index contributed by atoms with van der Waals surface area (Å²) in [5, 5.41) is 10.4. The molecule has 1 fully saturated rings. The normalized spacial score (nSPS) is 19.7. The van der Waals surface area contributed by atoms with Crippen molar-refractivity contribution in [2.45, 2.75) is 45.8 Å². The van der Waals surface area contributed by atoms with Gasteiger partial charge in [0.2, 0.25) is 0 Å². The molecule has 1 aromatic carbocycles. The van der Waals surface area contributed by atoms with Crippen LogP contribution in [0.4, 0.5) is 0 Å². The number of aliphatic hydroxyl groups is 1. The van der Waals surface area contributed by atoms with E-state index in [1.54, 1.807) is 0 Å². The van der Waals surface area contributed by atoms with Crippen LogP contribution in [0.1, 0.15) is 44.4 Å². The van der Waals surface area contributed by atoms with Gasteiger partial charge in [-0.3, -0.25) is 4.90 Å². The first-order valence-electron chi connectivity index (χ1n) is 8.09. The van der Waals surface area contributed by atoms with Gasteiger partial charge < -0.3 is 10.0 Å². The third-order valence-electron chi connectivity index (χ3n) is 4.59. The van der Waals surface area contributed by atoms with Gasteiger partial charge >= 0.3 is 0 Å². The molecule has 2 rings (SSSR count). The van der Waals surface area contributed by atoms with Crippen molar-refractivity contribution in [3.8, 4) is 0 Å². The van der Waals surface area contributed by atoms with Crippen molar-refractivity contribution in [1.29, 1.82) is 0 Å². The molecule has 0 aliphatic carbocycles. The number of hydrogen-bond acceptors (Lipinski definition) is 3. The maximum atomic E-state index is 10.4. The standard InChI is InChI=1S/C18H30N2O/c1-15-7-5-6-8-16(15)17(21)9-10-19-11-13-20(14-12-19)18(2,3)4/h5-8,17,21H,9-14H2,1-4H3. The first kappa shape index (κ1) is 16.5. The third kappa shape index (κ3) is 4.53. The third-order valence-corrected chi connectivity index (χ3v) is 4.59. The van der Waals surface area contributed by atoms with E-state index in [0.717, 1.165) is 44.7 Å². The predicted octanol–water partition coefficient (Wildman–Crippen LogP) is 2.83. The van der Waals surface area contributed by atoms with Gasteiger partial charge in [-0.2, -0.15) is 0 Å². The second-order valence-electron chi connectivity index (χ2n) is 7.16. The molecule has 1 heterocycles. The minimum absolute atomic E-state index is 0.271. The van der Waals surface area contributed by atoms with Crippen LogP contribution >= 0.6 is 0 Å². The topological polar surface area (TPSA) is 26.7 Å². The molecule has 3 heteroatoms. The van der Waals surface area contributed by atoms with Gasteiger partial charge in [0.25, 0.3) is 0 Å². The number of rotatable bonds is 4. The van der Waals surface area contributed by atoms with E-state index < -0.39 is 0 Å². The van der Waals surface area contributed by atoms with Crippen LogP contribution in [0.15, 0.2) is 24.3 Å². The van der Waals surface area contributed by atoms with Crippen LogP contribution in [0.3, 0.4) is 0 Å². The molecule has 0 saturated carbocycles. The number of benzene rings is 1. The van der Waals surface area contributed by atoms with E-state index in [1.165, 1.54) is 5.56 Å². The van der Waals surface area contributed by atoms with E-state index >= 15 is 0 Å². The Morgan fingerprint density at radius 2 is 1.71 bits per heavy atom. The van der Waals surface area contributed by atoms with Crippen molar-refractivity contribution in [1.82, 2.24) is 9.80 Å². The fourth-order valence-corrected chi connectivity index (χ4v) is 3.06. The Bertz CT molecular complexity index is 445. The van der Waals surface area contributed by atoms with Crippen molar-refractivity contribution >= 4 is 0 Å². The Hall–Kier alpha value is -0.900.